The van der Waals surface area contributed by atoms with Crippen molar-refractivity contribution in [3.63, 3.8) is 0 Å². The Morgan fingerprint density at radius 1 is 1.19 bits per heavy atom. The van der Waals surface area contributed by atoms with Gasteiger partial charge in [-0.05, 0) is 49.2 Å². The van der Waals surface area contributed by atoms with Gasteiger partial charge in [-0.3, -0.25) is 9.80 Å². The molecule has 0 atom stereocenters. The monoisotopic (exact) mass is 448 g/mol. The second-order valence-electron chi connectivity index (χ2n) is 7.54. The number of amides is 1. The van der Waals surface area contributed by atoms with E-state index in [1.54, 1.807) is 24.3 Å². The number of para-hydroxylation sites is 2. The summed E-state index contributed by atoms with van der Waals surface area (Å²) in [5.41, 5.74) is 5.91. The van der Waals surface area contributed by atoms with Crippen LogP contribution in [0.15, 0.2) is 48.5 Å². The van der Waals surface area contributed by atoms with E-state index < -0.39 is 23.6 Å². The number of hydrazine groups is 1. The Labute approximate surface area is 180 Å². The molecule has 0 radical (unpaired) electrons. The van der Waals surface area contributed by atoms with E-state index in [9.17, 15) is 22.4 Å². The number of alkyl halides is 3. The fourth-order valence-corrected chi connectivity index (χ4v) is 3.34. The summed E-state index contributed by atoms with van der Waals surface area (Å²) in [6.07, 6.45) is -3.18. The molecule has 1 aliphatic rings. The summed E-state index contributed by atoms with van der Waals surface area (Å²) >= 11 is 0. The van der Waals surface area contributed by atoms with E-state index in [0.29, 0.717) is 17.1 Å². The minimum atomic E-state index is -4.63. The van der Waals surface area contributed by atoms with Gasteiger partial charge in [-0.25, -0.2) is 14.9 Å². The molecule has 0 unspecified atom stereocenters. The first-order valence-electron chi connectivity index (χ1n) is 9.77. The zero-order valence-corrected chi connectivity index (χ0v) is 16.7. The molecule has 168 valence electrons. The Kier molecular flexibility index (Phi) is 5.51. The summed E-state index contributed by atoms with van der Waals surface area (Å²) in [5, 5.41) is 7.24. The highest BCUT2D eigenvalue weighted by atomic mass is 19.4. The maximum absolute atomic E-state index is 14.8. The average molecular weight is 448 g/mol. The summed E-state index contributed by atoms with van der Waals surface area (Å²) in [6.45, 7) is -0.252. The predicted octanol–water partition coefficient (Wildman–Crippen LogP) is 3.81. The van der Waals surface area contributed by atoms with Gasteiger partial charge in [0.05, 0.1) is 11.4 Å². The molecule has 11 heteroatoms. The lowest BCUT2D eigenvalue weighted by Gasteiger charge is -2.20. The van der Waals surface area contributed by atoms with Crippen LogP contribution in [0.2, 0.25) is 0 Å². The molecule has 4 rings (SSSR count). The molecule has 1 fully saturated rings. The fourth-order valence-electron chi connectivity index (χ4n) is 3.34. The molecule has 1 saturated carbocycles. The molecule has 0 saturated heterocycles. The second kappa shape index (κ2) is 8.15. The minimum Gasteiger partial charge on any atom is -0.397 e. The van der Waals surface area contributed by atoms with Crippen molar-refractivity contribution >= 4 is 23.0 Å². The van der Waals surface area contributed by atoms with Crippen LogP contribution in [0.5, 0.6) is 0 Å². The highest BCUT2D eigenvalue weighted by molar-refractivity contribution is 5.94. The van der Waals surface area contributed by atoms with Gasteiger partial charge in [-0.2, -0.15) is 18.3 Å². The Balaban J connectivity index is 1.51. The number of benzene rings is 2. The molecule has 3 aromatic rings. The number of rotatable bonds is 6. The third-order valence-corrected chi connectivity index (χ3v) is 5.04. The van der Waals surface area contributed by atoms with Crippen molar-refractivity contribution in [2.75, 3.05) is 22.6 Å². The molecule has 1 aliphatic carbocycles. The third-order valence-electron chi connectivity index (χ3n) is 5.04. The molecule has 1 aromatic heterocycles. The summed E-state index contributed by atoms with van der Waals surface area (Å²) in [7, 11) is 0. The summed E-state index contributed by atoms with van der Waals surface area (Å²) < 4.78 is 55.1. The molecule has 1 amide bonds. The number of nitrogen functional groups attached to an aromatic ring is 1. The lowest BCUT2D eigenvalue weighted by molar-refractivity contribution is -0.141. The van der Waals surface area contributed by atoms with Crippen LogP contribution in [0, 0.1) is 5.82 Å². The van der Waals surface area contributed by atoms with Crippen LogP contribution in [-0.4, -0.2) is 22.2 Å². The summed E-state index contributed by atoms with van der Waals surface area (Å²) in [6, 6.07) is 11.4. The molecule has 5 N–H and O–H groups in total. The van der Waals surface area contributed by atoms with Crippen molar-refractivity contribution in [2.24, 2.45) is 5.84 Å². The SMILES string of the molecule is Nc1ccccc1N(N)CC(=O)Nc1ccc(-n2nc(C(F)(F)F)cc2C2CC2)c(F)c1. The molecule has 2 aromatic carbocycles. The van der Waals surface area contributed by atoms with Crippen molar-refractivity contribution < 1.29 is 22.4 Å². The van der Waals surface area contributed by atoms with E-state index >= 15 is 0 Å². The van der Waals surface area contributed by atoms with Crippen LogP contribution < -0.4 is 21.9 Å². The number of nitrogens with one attached hydrogen (secondary N) is 1. The first kappa shape index (κ1) is 21.6. The Morgan fingerprint density at radius 2 is 1.91 bits per heavy atom. The topological polar surface area (TPSA) is 102 Å². The highest BCUT2D eigenvalue weighted by Crippen LogP contribution is 2.43. The van der Waals surface area contributed by atoms with Crippen LogP contribution in [-0.2, 0) is 11.0 Å². The van der Waals surface area contributed by atoms with E-state index in [0.717, 1.165) is 34.7 Å². The molecule has 0 spiro atoms. The first-order chi connectivity index (χ1) is 15.1. The zero-order chi connectivity index (χ0) is 23.0. The number of hydrogen-bond donors (Lipinski definition) is 3. The molecule has 7 nitrogen and oxygen atoms in total. The number of nitrogens with zero attached hydrogens (tertiary/aromatic N) is 3. The number of halogens is 4. The van der Waals surface area contributed by atoms with Gasteiger partial charge in [-0.15, -0.1) is 0 Å². The maximum Gasteiger partial charge on any atom is 0.435 e. The van der Waals surface area contributed by atoms with E-state index in [1.165, 1.54) is 12.1 Å². The number of nitrogens with two attached hydrogens (primary N) is 2. The van der Waals surface area contributed by atoms with Crippen molar-refractivity contribution in [1.29, 1.82) is 0 Å². The van der Waals surface area contributed by atoms with Crippen molar-refractivity contribution in [2.45, 2.75) is 24.9 Å². The lowest BCUT2D eigenvalue weighted by Crippen LogP contribution is -2.39. The van der Waals surface area contributed by atoms with E-state index in [2.05, 4.69) is 10.4 Å². The summed E-state index contributed by atoms with van der Waals surface area (Å²) in [4.78, 5) is 12.3. The van der Waals surface area contributed by atoms with Gasteiger partial charge in [0.1, 0.15) is 12.2 Å². The van der Waals surface area contributed by atoms with Gasteiger partial charge in [0, 0.05) is 17.3 Å². The van der Waals surface area contributed by atoms with Gasteiger partial charge in [0.2, 0.25) is 5.91 Å². The van der Waals surface area contributed by atoms with Gasteiger partial charge in [0.15, 0.2) is 11.5 Å². The zero-order valence-electron chi connectivity index (χ0n) is 16.7. The van der Waals surface area contributed by atoms with Crippen LogP contribution in [0.3, 0.4) is 0 Å². The number of aromatic nitrogens is 2. The smallest absolute Gasteiger partial charge is 0.397 e. The number of hydrogen-bond acceptors (Lipinski definition) is 5. The summed E-state index contributed by atoms with van der Waals surface area (Å²) in [5.74, 6) is 4.45. The molecular formula is C21H20F4N6O. The van der Waals surface area contributed by atoms with E-state index in [1.807, 2.05) is 0 Å². The molecule has 32 heavy (non-hydrogen) atoms. The van der Waals surface area contributed by atoms with Crippen LogP contribution in [0.25, 0.3) is 5.69 Å². The Morgan fingerprint density at radius 3 is 2.53 bits per heavy atom. The van der Waals surface area contributed by atoms with Crippen LogP contribution in [0.1, 0.15) is 30.1 Å². The highest BCUT2D eigenvalue weighted by Gasteiger charge is 2.38. The van der Waals surface area contributed by atoms with Crippen molar-refractivity contribution in [3.05, 3.63) is 65.7 Å². The maximum atomic E-state index is 14.8. The third kappa shape index (κ3) is 4.52. The number of carbonyl (C=O) groups excluding carboxylic acids is 1. The quantitative estimate of drug-likeness (QED) is 0.230. The van der Waals surface area contributed by atoms with Gasteiger partial charge in [-0.1, -0.05) is 12.1 Å². The molecule has 0 aliphatic heterocycles. The fraction of sp³-hybridized carbons (Fsp3) is 0.238. The molecule has 1 heterocycles. The van der Waals surface area contributed by atoms with Crippen LogP contribution in [0.4, 0.5) is 34.6 Å². The predicted molar refractivity (Wildman–Crippen MR) is 112 cm³/mol. The second-order valence-corrected chi connectivity index (χ2v) is 7.54. The largest absolute Gasteiger partial charge is 0.435 e. The molecule has 0 bridgehead atoms. The average Bonchev–Trinajstić information content (AvgIpc) is 3.45. The lowest BCUT2D eigenvalue weighted by atomic mass is 10.2. The van der Waals surface area contributed by atoms with Crippen molar-refractivity contribution in [1.82, 2.24) is 9.78 Å². The Bertz CT molecular complexity index is 1160. The van der Waals surface area contributed by atoms with Gasteiger partial charge >= 0.3 is 6.18 Å². The van der Waals surface area contributed by atoms with E-state index in [4.69, 9.17) is 11.6 Å². The first-order valence-corrected chi connectivity index (χ1v) is 9.77. The normalized spacial score (nSPS) is 13.8. The van der Waals surface area contributed by atoms with Gasteiger partial charge in [0.25, 0.3) is 0 Å². The Hall–Kier alpha value is -3.60. The number of anilines is 3. The number of carbonyl (C=O) groups is 1. The van der Waals surface area contributed by atoms with Crippen LogP contribution >= 0.6 is 0 Å². The van der Waals surface area contributed by atoms with Crippen molar-refractivity contribution in [3.8, 4) is 5.69 Å². The van der Waals surface area contributed by atoms with Gasteiger partial charge < -0.3 is 11.1 Å². The molecular weight excluding hydrogens is 428 g/mol. The minimum absolute atomic E-state index is 0.0849. The standard InChI is InChI=1S/C21H20F4N6O/c22-14-9-13(28-20(32)11-30(27)17-4-2-1-3-15(17)26)7-8-16(14)31-18(12-5-6-12)10-19(29-31)21(23,24)25/h1-4,7-10,12H,5-6,11,26-27H2,(H,28,32). The van der Waals surface area contributed by atoms with E-state index in [-0.39, 0.29) is 23.8 Å².